The van der Waals surface area contributed by atoms with Crippen LogP contribution in [-0.2, 0) is 4.79 Å². The Morgan fingerprint density at radius 1 is 1.53 bits per heavy atom. The van der Waals surface area contributed by atoms with E-state index in [1.807, 2.05) is 11.8 Å². The van der Waals surface area contributed by atoms with Crippen molar-refractivity contribution >= 4 is 17.7 Å². The average Bonchev–Trinajstić information content (AvgIpc) is 2.63. The minimum Gasteiger partial charge on any atom is -0.481 e. The molecule has 0 aromatic rings. The largest absolute Gasteiger partial charge is 0.481 e. The lowest BCUT2D eigenvalue weighted by atomic mass is 9.87. The molecule has 0 spiro atoms. The quantitative estimate of drug-likeness (QED) is 0.843. The van der Waals surface area contributed by atoms with Gasteiger partial charge in [-0.15, -0.1) is 0 Å². The summed E-state index contributed by atoms with van der Waals surface area (Å²) in [6, 6.07) is 0.877. The molecule has 17 heavy (non-hydrogen) atoms. The lowest BCUT2D eigenvalue weighted by Gasteiger charge is -2.41. The first-order valence-corrected chi connectivity index (χ1v) is 7.69. The third-order valence-corrected chi connectivity index (χ3v) is 5.50. The van der Waals surface area contributed by atoms with Crippen molar-refractivity contribution in [3.05, 3.63) is 0 Å². The van der Waals surface area contributed by atoms with Crippen molar-refractivity contribution in [3.8, 4) is 0 Å². The van der Waals surface area contributed by atoms with E-state index < -0.39 is 5.97 Å². The van der Waals surface area contributed by atoms with Crippen molar-refractivity contribution in [1.29, 1.82) is 0 Å². The Kier molecular flexibility index (Phi) is 4.03. The SMILES string of the molecule is CC1(C)CSCC(N2CCCC2CC(=O)O)C1. The summed E-state index contributed by atoms with van der Waals surface area (Å²) in [5.74, 6) is 1.77. The van der Waals surface area contributed by atoms with Gasteiger partial charge in [-0.2, -0.15) is 11.8 Å². The van der Waals surface area contributed by atoms with E-state index >= 15 is 0 Å². The van der Waals surface area contributed by atoms with E-state index in [1.54, 1.807) is 0 Å². The fourth-order valence-electron chi connectivity index (χ4n) is 3.20. The lowest BCUT2D eigenvalue weighted by Crippen LogP contribution is -2.46. The second-order valence-electron chi connectivity index (χ2n) is 6.17. The molecular formula is C13H23NO2S. The van der Waals surface area contributed by atoms with Gasteiger partial charge in [-0.1, -0.05) is 13.8 Å². The first-order valence-electron chi connectivity index (χ1n) is 6.53. The Labute approximate surface area is 108 Å². The molecule has 0 bridgehead atoms. The molecule has 4 heteroatoms. The van der Waals surface area contributed by atoms with Crippen LogP contribution < -0.4 is 0 Å². The van der Waals surface area contributed by atoms with Crippen LogP contribution >= 0.6 is 11.8 Å². The van der Waals surface area contributed by atoms with Crippen LogP contribution in [0, 0.1) is 5.41 Å². The highest BCUT2D eigenvalue weighted by atomic mass is 32.2. The van der Waals surface area contributed by atoms with Crippen LogP contribution in [0.15, 0.2) is 0 Å². The third kappa shape index (κ3) is 3.38. The van der Waals surface area contributed by atoms with Crippen molar-refractivity contribution in [2.45, 2.75) is 51.6 Å². The van der Waals surface area contributed by atoms with Crippen molar-refractivity contribution in [3.63, 3.8) is 0 Å². The molecule has 0 aliphatic carbocycles. The molecule has 1 N–H and O–H groups in total. The molecule has 2 heterocycles. The summed E-state index contributed by atoms with van der Waals surface area (Å²) in [5, 5.41) is 8.96. The number of nitrogens with zero attached hydrogens (tertiary/aromatic N) is 1. The smallest absolute Gasteiger partial charge is 0.304 e. The van der Waals surface area contributed by atoms with Gasteiger partial charge in [0.15, 0.2) is 0 Å². The molecule has 2 rings (SSSR count). The summed E-state index contributed by atoms with van der Waals surface area (Å²) in [6.07, 6.45) is 3.77. The second-order valence-corrected chi connectivity index (χ2v) is 7.20. The Balaban J connectivity index is 1.98. The number of thioether (sulfide) groups is 1. The Morgan fingerprint density at radius 2 is 2.29 bits per heavy atom. The van der Waals surface area contributed by atoms with Gasteiger partial charge in [0, 0.05) is 17.8 Å². The summed E-state index contributed by atoms with van der Waals surface area (Å²) < 4.78 is 0. The van der Waals surface area contributed by atoms with Crippen LogP contribution in [0.3, 0.4) is 0 Å². The van der Waals surface area contributed by atoms with Gasteiger partial charge in [-0.3, -0.25) is 9.69 Å². The number of likely N-dealkylation sites (tertiary alicyclic amines) is 1. The van der Waals surface area contributed by atoms with Gasteiger partial charge in [0.25, 0.3) is 0 Å². The molecule has 2 unspecified atom stereocenters. The van der Waals surface area contributed by atoms with Crippen LogP contribution in [0.25, 0.3) is 0 Å². The zero-order chi connectivity index (χ0) is 12.5. The van der Waals surface area contributed by atoms with Gasteiger partial charge < -0.3 is 5.11 Å². The predicted molar refractivity (Wildman–Crippen MR) is 71.5 cm³/mol. The molecule has 98 valence electrons. The fraction of sp³-hybridized carbons (Fsp3) is 0.923. The van der Waals surface area contributed by atoms with Crippen LogP contribution in [0.4, 0.5) is 0 Å². The van der Waals surface area contributed by atoms with E-state index in [1.165, 1.54) is 24.3 Å². The summed E-state index contributed by atoms with van der Waals surface area (Å²) >= 11 is 2.03. The predicted octanol–water partition coefficient (Wildman–Crippen LogP) is 2.46. The molecule has 0 aromatic heterocycles. The zero-order valence-corrected chi connectivity index (χ0v) is 11.6. The lowest BCUT2D eigenvalue weighted by molar-refractivity contribution is -0.138. The third-order valence-electron chi connectivity index (χ3n) is 3.89. The van der Waals surface area contributed by atoms with Crippen molar-refractivity contribution in [2.24, 2.45) is 5.41 Å². The molecule has 2 atom stereocenters. The van der Waals surface area contributed by atoms with Gasteiger partial charge in [0.2, 0.25) is 0 Å². The molecule has 2 aliphatic rings. The van der Waals surface area contributed by atoms with Gasteiger partial charge in [0.05, 0.1) is 6.42 Å². The molecule has 2 fully saturated rings. The first-order chi connectivity index (χ1) is 7.98. The number of rotatable bonds is 3. The van der Waals surface area contributed by atoms with Gasteiger partial charge in [-0.25, -0.2) is 0 Å². The molecular weight excluding hydrogens is 234 g/mol. The van der Waals surface area contributed by atoms with E-state index in [4.69, 9.17) is 5.11 Å². The van der Waals surface area contributed by atoms with Crippen molar-refractivity contribution < 1.29 is 9.90 Å². The normalized spacial score (nSPS) is 33.8. The van der Waals surface area contributed by atoms with E-state index in [2.05, 4.69) is 18.7 Å². The number of carboxylic acids is 1. The fourth-order valence-corrected chi connectivity index (χ4v) is 4.57. The Morgan fingerprint density at radius 3 is 2.94 bits per heavy atom. The Hall–Kier alpha value is -0.220. The summed E-state index contributed by atoms with van der Waals surface area (Å²) in [6.45, 7) is 5.75. The average molecular weight is 257 g/mol. The zero-order valence-electron chi connectivity index (χ0n) is 10.8. The maximum atomic E-state index is 10.9. The van der Waals surface area contributed by atoms with Gasteiger partial charge in [-0.05, 0) is 37.0 Å². The molecule has 3 nitrogen and oxygen atoms in total. The molecule has 2 aliphatic heterocycles. The number of carbonyl (C=O) groups is 1. The number of aliphatic carboxylic acids is 1. The van der Waals surface area contributed by atoms with E-state index in [0.29, 0.717) is 17.9 Å². The standard InChI is InChI=1S/C13H23NO2S/c1-13(2)7-11(8-17-9-13)14-5-3-4-10(14)6-12(15)16/h10-11H,3-9H2,1-2H3,(H,15,16). The van der Waals surface area contributed by atoms with Crippen LogP contribution in [0.5, 0.6) is 0 Å². The van der Waals surface area contributed by atoms with Crippen LogP contribution in [-0.4, -0.2) is 46.1 Å². The topological polar surface area (TPSA) is 40.5 Å². The highest BCUT2D eigenvalue weighted by Crippen LogP contribution is 2.38. The number of hydrogen-bond acceptors (Lipinski definition) is 3. The van der Waals surface area contributed by atoms with Gasteiger partial charge >= 0.3 is 5.97 Å². The van der Waals surface area contributed by atoms with Crippen LogP contribution in [0.1, 0.15) is 39.5 Å². The molecule has 0 saturated carbocycles. The first kappa shape index (κ1) is 13.2. The number of carboxylic acid groups (broad SMARTS) is 1. The van der Waals surface area contributed by atoms with E-state index in [0.717, 1.165) is 13.0 Å². The molecule has 0 amide bonds. The Bertz CT molecular complexity index is 293. The summed E-state index contributed by atoms with van der Waals surface area (Å²) in [7, 11) is 0. The molecule has 0 radical (unpaired) electrons. The summed E-state index contributed by atoms with van der Waals surface area (Å²) in [5.41, 5.74) is 0.407. The minimum absolute atomic E-state index is 0.284. The van der Waals surface area contributed by atoms with Gasteiger partial charge in [0.1, 0.15) is 0 Å². The van der Waals surface area contributed by atoms with Crippen molar-refractivity contribution in [1.82, 2.24) is 4.90 Å². The maximum Gasteiger partial charge on any atom is 0.304 e. The molecule has 0 aromatic carbocycles. The van der Waals surface area contributed by atoms with Crippen molar-refractivity contribution in [2.75, 3.05) is 18.1 Å². The second kappa shape index (κ2) is 5.19. The molecule has 2 saturated heterocycles. The highest BCUT2D eigenvalue weighted by Gasteiger charge is 2.37. The summed E-state index contributed by atoms with van der Waals surface area (Å²) in [4.78, 5) is 13.4. The van der Waals surface area contributed by atoms with E-state index in [-0.39, 0.29) is 6.04 Å². The monoisotopic (exact) mass is 257 g/mol. The number of hydrogen-bond donors (Lipinski definition) is 1. The maximum absolute atomic E-state index is 10.9. The van der Waals surface area contributed by atoms with Crippen LogP contribution in [0.2, 0.25) is 0 Å². The van der Waals surface area contributed by atoms with E-state index in [9.17, 15) is 4.79 Å². The highest BCUT2D eigenvalue weighted by molar-refractivity contribution is 7.99. The minimum atomic E-state index is -0.648.